The minimum absolute atomic E-state index is 0.0313. The highest BCUT2D eigenvalue weighted by Gasteiger charge is 2.28. The van der Waals surface area contributed by atoms with Gasteiger partial charge in [0.2, 0.25) is 10.0 Å². The fraction of sp³-hybridized carbons (Fsp3) is 0.429. The van der Waals surface area contributed by atoms with E-state index in [-0.39, 0.29) is 10.6 Å². The maximum atomic E-state index is 12.5. The van der Waals surface area contributed by atoms with E-state index in [0.717, 1.165) is 13.0 Å². The van der Waals surface area contributed by atoms with E-state index in [0.29, 0.717) is 24.5 Å². The molecule has 0 aliphatic carbocycles. The minimum Gasteiger partial charge on any atom is -0.248 e. The van der Waals surface area contributed by atoms with Gasteiger partial charge in [0.05, 0.1) is 6.04 Å². The molecule has 0 bridgehead atoms. The van der Waals surface area contributed by atoms with E-state index in [1.807, 2.05) is 13.0 Å². The number of aromatic nitrogens is 4. The van der Waals surface area contributed by atoms with Crippen molar-refractivity contribution in [3.63, 3.8) is 0 Å². The van der Waals surface area contributed by atoms with E-state index in [9.17, 15) is 8.42 Å². The van der Waals surface area contributed by atoms with Crippen molar-refractivity contribution in [2.24, 2.45) is 0 Å². The summed E-state index contributed by atoms with van der Waals surface area (Å²) in [5.41, 5.74) is 0.175. The first-order chi connectivity index (χ1) is 11.0. The van der Waals surface area contributed by atoms with Crippen molar-refractivity contribution in [3.8, 4) is 6.07 Å². The fourth-order valence-corrected chi connectivity index (χ4v) is 3.69. The smallest absolute Gasteiger partial charge is 0.242 e. The summed E-state index contributed by atoms with van der Waals surface area (Å²) in [6.07, 6.45) is 3.40. The molecule has 0 fully saturated rings. The van der Waals surface area contributed by atoms with Crippen molar-refractivity contribution < 1.29 is 8.42 Å². The molecule has 2 aromatic rings. The van der Waals surface area contributed by atoms with Crippen molar-refractivity contribution in [1.29, 1.82) is 5.26 Å². The molecule has 9 heteroatoms. The normalized spacial score (nSPS) is 17.5. The monoisotopic (exact) mass is 332 g/mol. The lowest BCUT2D eigenvalue weighted by molar-refractivity contribution is 0.399. The number of aryl methyl sites for hydroxylation is 2. The molecule has 0 radical (unpaired) electrons. The van der Waals surface area contributed by atoms with Gasteiger partial charge in [0.15, 0.2) is 5.82 Å². The molecule has 1 N–H and O–H groups in total. The Labute approximate surface area is 134 Å². The van der Waals surface area contributed by atoms with Gasteiger partial charge in [-0.25, -0.2) is 27.8 Å². The maximum Gasteiger partial charge on any atom is 0.242 e. The molecule has 0 unspecified atom stereocenters. The molecule has 1 aliphatic heterocycles. The summed E-state index contributed by atoms with van der Waals surface area (Å²) >= 11 is 0. The Morgan fingerprint density at radius 1 is 1.48 bits per heavy atom. The predicted molar refractivity (Wildman–Crippen MR) is 80.6 cm³/mol. The molecule has 0 saturated carbocycles. The lowest BCUT2D eigenvalue weighted by Gasteiger charge is -2.22. The molecule has 120 valence electrons. The van der Waals surface area contributed by atoms with Gasteiger partial charge >= 0.3 is 0 Å². The zero-order valence-electron chi connectivity index (χ0n) is 12.6. The Balaban J connectivity index is 1.86. The molecule has 3 heterocycles. The van der Waals surface area contributed by atoms with Gasteiger partial charge in [0, 0.05) is 19.2 Å². The van der Waals surface area contributed by atoms with E-state index in [1.165, 1.54) is 18.3 Å². The number of sulfonamides is 1. The molecular formula is C14H16N6O2S. The molecule has 8 nitrogen and oxygen atoms in total. The largest absolute Gasteiger partial charge is 0.248 e. The van der Waals surface area contributed by atoms with Crippen LogP contribution in [0.1, 0.15) is 43.1 Å². The van der Waals surface area contributed by atoms with Gasteiger partial charge in [-0.05, 0) is 25.0 Å². The highest BCUT2D eigenvalue weighted by molar-refractivity contribution is 7.89. The highest BCUT2D eigenvalue weighted by Crippen LogP contribution is 2.25. The van der Waals surface area contributed by atoms with Gasteiger partial charge in [0.25, 0.3) is 0 Å². The number of rotatable bonds is 4. The van der Waals surface area contributed by atoms with Crippen LogP contribution in [-0.4, -0.2) is 28.2 Å². The van der Waals surface area contributed by atoms with Crippen molar-refractivity contribution in [1.82, 2.24) is 24.5 Å². The molecule has 0 amide bonds. The Kier molecular flexibility index (Phi) is 4.11. The Bertz CT molecular complexity index is 850. The van der Waals surface area contributed by atoms with Crippen LogP contribution in [0.15, 0.2) is 23.2 Å². The summed E-state index contributed by atoms with van der Waals surface area (Å²) < 4.78 is 29.4. The summed E-state index contributed by atoms with van der Waals surface area (Å²) in [7, 11) is -3.73. The third kappa shape index (κ3) is 3.09. The Morgan fingerprint density at radius 3 is 2.96 bits per heavy atom. The first-order valence-corrected chi connectivity index (χ1v) is 8.84. The van der Waals surface area contributed by atoms with Crippen molar-refractivity contribution in [2.75, 3.05) is 0 Å². The van der Waals surface area contributed by atoms with Crippen molar-refractivity contribution in [2.45, 2.75) is 43.7 Å². The molecule has 0 spiro atoms. The molecule has 2 aromatic heterocycles. The number of nitrogens with zero attached hydrogens (tertiary/aromatic N) is 5. The first-order valence-electron chi connectivity index (χ1n) is 7.35. The standard InChI is InChI=1S/C14H16N6O2S/c1-2-13-17-14-12(4-3-7-20(14)18-13)19-23(21,22)11-6-5-10(8-15)16-9-11/h5-6,9,12,19H,2-4,7H2,1H3/t12-/m0/s1. The van der Waals surface area contributed by atoms with Crippen molar-refractivity contribution in [3.05, 3.63) is 35.7 Å². The lowest BCUT2D eigenvalue weighted by atomic mass is 10.1. The predicted octanol–water partition coefficient (Wildman–Crippen LogP) is 0.921. The van der Waals surface area contributed by atoms with Gasteiger partial charge < -0.3 is 0 Å². The molecule has 0 saturated heterocycles. The summed E-state index contributed by atoms with van der Waals surface area (Å²) in [6.45, 7) is 2.71. The van der Waals surface area contributed by atoms with Crippen LogP contribution in [0, 0.1) is 11.3 Å². The minimum atomic E-state index is -3.73. The summed E-state index contributed by atoms with van der Waals surface area (Å²) in [6, 6.07) is 4.21. The third-order valence-electron chi connectivity index (χ3n) is 3.69. The zero-order chi connectivity index (χ0) is 16.4. The molecule has 1 aliphatic rings. The quantitative estimate of drug-likeness (QED) is 0.890. The fourth-order valence-electron chi connectivity index (χ4n) is 2.52. The van der Waals surface area contributed by atoms with Gasteiger partial charge in [-0.1, -0.05) is 6.92 Å². The highest BCUT2D eigenvalue weighted by atomic mass is 32.2. The van der Waals surface area contributed by atoms with Gasteiger partial charge in [-0.15, -0.1) is 0 Å². The number of fused-ring (bicyclic) bond motifs is 1. The number of pyridine rings is 1. The number of nitriles is 1. The average molecular weight is 332 g/mol. The van der Waals surface area contributed by atoms with Crippen LogP contribution < -0.4 is 4.72 Å². The molecule has 0 aromatic carbocycles. The number of hydrogen-bond donors (Lipinski definition) is 1. The van der Waals surface area contributed by atoms with Gasteiger partial charge in [0.1, 0.15) is 22.5 Å². The maximum absolute atomic E-state index is 12.5. The van der Waals surface area contributed by atoms with E-state index < -0.39 is 16.1 Å². The molecule has 23 heavy (non-hydrogen) atoms. The topological polar surface area (TPSA) is 114 Å². The van der Waals surface area contributed by atoms with Crippen LogP contribution in [0.4, 0.5) is 0 Å². The summed E-state index contributed by atoms with van der Waals surface area (Å²) in [5, 5.41) is 13.1. The SMILES string of the molecule is CCc1nc2n(n1)CCC[C@@H]2NS(=O)(=O)c1ccc(C#N)nc1. The Hall–Kier alpha value is -2.31. The Morgan fingerprint density at radius 2 is 2.30 bits per heavy atom. The second kappa shape index (κ2) is 6.06. The number of hydrogen-bond acceptors (Lipinski definition) is 6. The van der Waals surface area contributed by atoms with Crippen LogP contribution in [0.5, 0.6) is 0 Å². The number of nitrogens with one attached hydrogen (secondary N) is 1. The van der Waals surface area contributed by atoms with E-state index in [2.05, 4.69) is 19.8 Å². The van der Waals surface area contributed by atoms with Crippen LogP contribution >= 0.6 is 0 Å². The second-order valence-electron chi connectivity index (χ2n) is 5.27. The average Bonchev–Trinajstić information content (AvgIpc) is 2.99. The third-order valence-corrected chi connectivity index (χ3v) is 5.15. The lowest BCUT2D eigenvalue weighted by Crippen LogP contribution is -2.33. The van der Waals surface area contributed by atoms with Crippen molar-refractivity contribution >= 4 is 10.0 Å². The van der Waals surface area contributed by atoms with Crippen LogP contribution in [0.25, 0.3) is 0 Å². The van der Waals surface area contributed by atoms with Gasteiger partial charge in [-0.2, -0.15) is 10.4 Å². The second-order valence-corrected chi connectivity index (χ2v) is 6.98. The van der Waals surface area contributed by atoms with Crippen LogP contribution in [-0.2, 0) is 23.0 Å². The summed E-state index contributed by atoms with van der Waals surface area (Å²) in [4.78, 5) is 8.26. The molecule has 1 atom stereocenters. The van der Waals surface area contributed by atoms with E-state index >= 15 is 0 Å². The van der Waals surface area contributed by atoms with E-state index in [4.69, 9.17) is 5.26 Å². The first kappa shape index (κ1) is 15.6. The van der Waals surface area contributed by atoms with Crippen LogP contribution in [0.3, 0.4) is 0 Å². The zero-order valence-corrected chi connectivity index (χ0v) is 13.4. The molecular weight excluding hydrogens is 316 g/mol. The molecule has 3 rings (SSSR count). The van der Waals surface area contributed by atoms with E-state index in [1.54, 1.807) is 4.68 Å². The van der Waals surface area contributed by atoms with Gasteiger partial charge in [-0.3, -0.25) is 0 Å². The van der Waals surface area contributed by atoms with Crippen LogP contribution in [0.2, 0.25) is 0 Å². The summed E-state index contributed by atoms with van der Waals surface area (Å²) in [5.74, 6) is 1.37.